The van der Waals surface area contributed by atoms with E-state index >= 15 is 0 Å². The molecule has 1 atom stereocenters. The highest BCUT2D eigenvalue weighted by Gasteiger charge is 2.21. The van der Waals surface area contributed by atoms with Crippen LogP contribution in [0.25, 0.3) is 0 Å². The molecule has 1 aromatic rings. The van der Waals surface area contributed by atoms with E-state index in [1.165, 1.54) is 22.3 Å². The average molecular weight is 239 g/mol. The largest absolute Gasteiger partial charge is 0.379 e. The minimum atomic E-state index is 0.0268. The lowest BCUT2D eigenvalue weighted by Gasteiger charge is -2.18. The van der Waals surface area contributed by atoms with Gasteiger partial charge in [-0.3, -0.25) is 0 Å². The predicted octanol–water partition coefficient (Wildman–Crippen LogP) is 3.66. The standard InChI is InChI=1S/C14H19ClO/c1-3-10-5-6-11(4-2)14-12(10)7-8-16-9-13(14)15/h5-6,13H,3-4,7-9H2,1-2H3. The van der Waals surface area contributed by atoms with Gasteiger partial charge < -0.3 is 4.74 Å². The third kappa shape index (κ3) is 2.11. The molecule has 1 unspecified atom stereocenters. The van der Waals surface area contributed by atoms with Gasteiger partial charge in [0, 0.05) is 0 Å². The monoisotopic (exact) mass is 238 g/mol. The van der Waals surface area contributed by atoms with Crippen molar-refractivity contribution in [3.63, 3.8) is 0 Å². The zero-order valence-corrected chi connectivity index (χ0v) is 10.8. The Morgan fingerprint density at radius 3 is 2.62 bits per heavy atom. The van der Waals surface area contributed by atoms with Crippen LogP contribution in [0.5, 0.6) is 0 Å². The number of alkyl halides is 1. The van der Waals surface area contributed by atoms with Crippen molar-refractivity contribution in [1.82, 2.24) is 0 Å². The van der Waals surface area contributed by atoms with Gasteiger partial charge in [0.2, 0.25) is 0 Å². The molecule has 0 amide bonds. The Morgan fingerprint density at radius 1 is 1.25 bits per heavy atom. The maximum Gasteiger partial charge on any atom is 0.0824 e. The van der Waals surface area contributed by atoms with E-state index < -0.39 is 0 Å². The van der Waals surface area contributed by atoms with Crippen molar-refractivity contribution in [2.75, 3.05) is 13.2 Å². The lowest BCUT2D eigenvalue weighted by atomic mass is 9.90. The van der Waals surface area contributed by atoms with Gasteiger partial charge >= 0.3 is 0 Å². The molecule has 0 bridgehead atoms. The number of hydrogen-bond acceptors (Lipinski definition) is 1. The van der Waals surface area contributed by atoms with Gasteiger partial charge in [-0.1, -0.05) is 26.0 Å². The highest BCUT2D eigenvalue weighted by atomic mass is 35.5. The first-order valence-corrected chi connectivity index (χ1v) is 6.56. The van der Waals surface area contributed by atoms with E-state index in [0.717, 1.165) is 25.9 Å². The summed E-state index contributed by atoms with van der Waals surface area (Å²) in [5.74, 6) is 0. The van der Waals surface area contributed by atoms with Crippen LogP contribution in [0.4, 0.5) is 0 Å². The van der Waals surface area contributed by atoms with Crippen molar-refractivity contribution in [2.45, 2.75) is 38.5 Å². The van der Waals surface area contributed by atoms with Crippen LogP contribution < -0.4 is 0 Å². The molecule has 0 saturated carbocycles. The third-order valence-electron chi connectivity index (χ3n) is 3.38. The maximum atomic E-state index is 6.44. The number of hydrogen-bond donors (Lipinski definition) is 0. The SMILES string of the molecule is CCc1ccc(CC)c2c1CCOCC2Cl. The molecule has 16 heavy (non-hydrogen) atoms. The van der Waals surface area contributed by atoms with E-state index in [4.69, 9.17) is 16.3 Å². The van der Waals surface area contributed by atoms with Crippen LogP contribution in [0.3, 0.4) is 0 Å². The predicted molar refractivity (Wildman–Crippen MR) is 68.3 cm³/mol. The molecule has 2 heteroatoms. The average Bonchev–Trinajstić information content (AvgIpc) is 2.51. The van der Waals surface area contributed by atoms with Crippen molar-refractivity contribution in [2.24, 2.45) is 0 Å². The van der Waals surface area contributed by atoms with Crippen molar-refractivity contribution in [3.05, 3.63) is 34.4 Å². The van der Waals surface area contributed by atoms with Gasteiger partial charge in [-0.2, -0.15) is 0 Å². The first-order valence-electron chi connectivity index (χ1n) is 6.13. The second-order valence-electron chi connectivity index (χ2n) is 4.28. The Bertz CT molecular complexity index is 373. The zero-order valence-electron chi connectivity index (χ0n) is 10.1. The fraction of sp³-hybridized carbons (Fsp3) is 0.571. The number of rotatable bonds is 2. The number of fused-ring (bicyclic) bond motifs is 1. The molecule has 2 rings (SSSR count). The van der Waals surface area contributed by atoms with Gasteiger partial charge in [-0.15, -0.1) is 11.6 Å². The first kappa shape index (κ1) is 11.9. The number of ether oxygens (including phenoxy) is 1. The molecule has 88 valence electrons. The quantitative estimate of drug-likeness (QED) is 0.715. The van der Waals surface area contributed by atoms with Crippen LogP contribution in [0.15, 0.2) is 12.1 Å². The summed E-state index contributed by atoms with van der Waals surface area (Å²) in [5, 5.41) is 0.0268. The van der Waals surface area contributed by atoms with E-state index in [9.17, 15) is 0 Å². The molecule has 0 aromatic heterocycles. The van der Waals surface area contributed by atoms with Gasteiger partial charge in [-0.05, 0) is 41.5 Å². The Hall–Kier alpha value is -0.530. The van der Waals surface area contributed by atoms with Gasteiger partial charge in [0.1, 0.15) is 0 Å². The number of aryl methyl sites for hydroxylation is 2. The van der Waals surface area contributed by atoms with E-state index in [-0.39, 0.29) is 5.38 Å². The molecule has 1 heterocycles. The summed E-state index contributed by atoms with van der Waals surface area (Å²) in [7, 11) is 0. The molecule has 1 aliphatic rings. The summed E-state index contributed by atoms with van der Waals surface area (Å²) in [6, 6.07) is 4.49. The van der Waals surface area contributed by atoms with Crippen LogP contribution in [0, 0.1) is 0 Å². The van der Waals surface area contributed by atoms with Gasteiger partial charge in [0.15, 0.2) is 0 Å². The van der Waals surface area contributed by atoms with Crippen molar-refractivity contribution in [1.29, 1.82) is 0 Å². The summed E-state index contributed by atoms with van der Waals surface area (Å²) in [6.07, 6.45) is 3.14. The normalized spacial score (nSPS) is 20.3. The van der Waals surface area contributed by atoms with Crippen LogP contribution in [-0.2, 0) is 24.0 Å². The summed E-state index contributed by atoms with van der Waals surface area (Å²) in [5.41, 5.74) is 5.61. The smallest absolute Gasteiger partial charge is 0.0824 e. The van der Waals surface area contributed by atoms with Gasteiger partial charge in [-0.25, -0.2) is 0 Å². The molecule has 0 fully saturated rings. The highest BCUT2D eigenvalue weighted by molar-refractivity contribution is 6.21. The second kappa shape index (κ2) is 5.20. The summed E-state index contributed by atoms with van der Waals surface area (Å²) < 4.78 is 5.56. The summed E-state index contributed by atoms with van der Waals surface area (Å²) in [4.78, 5) is 0. The second-order valence-corrected chi connectivity index (χ2v) is 4.80. The Labute approximate surface area is 103 Å². The van der Waals surface area contributed by atoms with Crippen LogP contribution in [0.2, 0.25) is 0 Å². The molecule has 1 aromatic carbocycles. The van der Waals surface area contributed by atoms with E-state index in [0.29, 0.717) is 6.61 Å². The maximum absolute atomic E-state index is 6.44. The Balaban J connectivity index is 2.56. The molecule has 0 aliphatic carbocycles. The lowest BCUT2D eigenvalue weighted by molar-refractivity contribution is 0.143. The van der Waals surface area contributed by atoms with Crippen LogP contribution in [-0.4, -0.2) is 13.2 Å². The van der Waals surface area contributed by atoms with E-state index in [2.05, 4.69) is 26.0 Å². The van der Waals surface area contributed by atoms with Crippen molar-refractivity contribution >= 4 is 11.6 Å². The first-order chi connectivity index (χ1) is 7.77. The molecular weight excluding hydrogens is 220 g/mol. The number of benzene rings is 1. The fourth-order valence-electron chi connectivity index (χ4n) is 2.53. The summed E-state index contributed by atoms with van der Waals surface area (Å²) in [6.45, 7) is 5.85. The van der Waals surface area contributed by atoms with Gasteiger partial charge in [0.25, 0.3) is 0 Å². The van der Waals surface area contributed by atoms with E-state index in [1.807, 2.05) is 0 Å². The lowest BCUT2D eigenvalue weighted by Crippen LogP contribution is -2.05. The highest BCUT2D eigenvalue weighted by Crippen LogP contribution is 2.33. The molecule has 1 nitrogen and oxygen atoms in total. The van der Waals surface area contributed by atoms with Crippen LogP contribution in [0.1, 0.15) is 41.5 Å². The third-order valence-corrected chi connectivity index (χ3v) is 3.72. The Morgan fingerprint density at radius 2 is 1.94 bits per heavy atom. The molecule has 0 saturated heterocycles. The van der Waals surface area contributed by atoms with Crippen LogP contribution >= 0.6 is 11.6 Å². The summed E-state index contributed by atoms with van der Waals surface area (Å²) >= 11 is 6.44. The fourth-order valence-corrected chi connectivity index (χ4v) is 2.89. The molecule has 0 N–H and O–H groups in total. The molecule has 0 spiro atoms. The molecule has 1 aliphatic heterocycles. The Kier molecular flexibility index (Phi) is 3.88. The number of halogens is 1. The minimum Gasteiger partial charge on any atom is -0.379 e. The van der Waals surface area contributed by atoms with Crippen molar-refractivity contribution in [3.8, 4) is 0 Å². The van der Waals surface area contributed by atoms with E-state index in [1.54, 1.807) is 0 Å². The molecule has 0 radical (unpaired) electrons. The molecular formula is C14H19ClO. The van der Waals surface area contributed by atoms with Crippen molar-refractivity contribution < 1.29 is 4.74 Å². The topological polar surface area (TPSA) is 9.23 Å². The zero-order chi connectivity index (χ0) is 11.5. The van der Waals surface area contributed by atoms with Gasteiger partial charge in [0.05, 0.1) is 18.6 Å². The minimum absolute atomic E-state index is 0.0268.